The second-order valence-electron chi connectivity index (χ2n) is 4.00. The number of aryl methyl sites for hydroxylation is 1. The van der Waals surface area contributed by atoms with Crippen LogP contribution in [0.2, 0.25) is 0 Å². The van der Waals surface area contributed by atoms with Crippen molar-refractivity contribution in [1.82, 2.24) is 5.43 Å². The second kappa shape index (κ2) is 5.75. The zero-order chi connectivity index (χ0) is 13.8. The molecule has 7 heteroatoms. The fourth-order valence-electron chi connectivity index (χ4n) is 1.49. The van der Waals surface area contributed by atoms with E-state index in [1.165, 1.54) is 11.3 Å². The molecule has 0 spiro atoms. The van der Waals surface area contributed by atoms with Gasteiger partial charge in [0.25, 0.3) is 0 Å². The van der Waals surface area contributed by atoms with E-state index >= 15 is 0 Å². The Bertz CT molecular complexity index is 562. The third-order valence-corrected chi connectivity index (χ3v) is 3.53. The number of ether oxygens (including phenoxy) is 1. The largest absolute Gasteiger partial charge is 0.453 e. The predicted molar refractivity (Wildman–Crippen MR) is 69.2 cm³/mol. The normalized spacial score (nSPS) is 14.6. The molecule has 6 nitrogen and oxygen atoms in total. The highest BCUT2D eigenvalue weighted by Crippen LogP contribution is 2.15. The van der Waals surface area contributed by atoms with E-state index in [9.17, 15) is 14.4 Å². The molecule has 2 heterocycles. The molecule has 2 rings (SSSR count). The first kappa shape index (κ1) is 13.4. The molecule has 0 aliphatic carbocycles. The van der Waals surface area contributed by atoms with Crippen molar-refractivity contribution in [2.24, 2.45) is 5.10 Å². The molecule has 0 aromatic carbocycles. The van der Waals surface area contributed by atoms with E-state index in [0.29, 0.717) is 4.88 Å². The minimum Gasteiger partial charge on any atom is -0.453 e. The molecule has 0 unspecified atom stereocenters. The van der Waals surface area contributed by atoms with Crippen LogP contribution in [0.25, 0.3) is 0 Å². The monoisotopic (exact) mass is 280 g/mol. The maximum atomic E-state index is 11.7. The van der Waals surface area contributed by atoms with Crippen molar-refractivity contribution in [1.29, 1.82) is 0 Å². The van der Waals surface area contributed by atoms with Crippen LogP contribution in [-0.4, -0.2) is 30.0 Å². The van der Waals surface area contributed by atoms with E-state index in [1.807, 2.05) is 13.0 Å². The summed E-state index contributed by atoms with van der Waals surface area (Å²) in [5.74, 6) is -1.14. The number of Topliss-reactive ketones (excluding diaryl/α,β-unsaturated/α-hetero) is 1. The van der Waals surface area contributed by atoms with Crippen LogP contribution in [0, 0.1) is 6.92 Å². The zero-order valence-electron chi connectivity index (χ0n) is 10.3. The van der Waals surface area contributed by atoms with E-state index in [0.717, 1.165) is 4.88 Å². The molecule has 19 heavy (non-hydrogen) atoms. The lowest BCUT2D eigenvalue weighted by Crippen LogP contribution is -2.31. The number of ketones is 1. The summed E-state index contributed by atoms with van der Waals surface area (Å²) in [6, 6.07) is 3.54. The van der Waals surface area contributed by atoms with Crippen LogP contribution in [0.4, 0.5) is 0 Å². The SMILES string of the molecule is Cc1ccc(C(=O)COC(=O)C2=NNC(=O)CC2)s1. The molecule has 0 fully saturated rings. The number of esters is 1. The quantitative estimate of drug-likeness (QED) is 0.660. The van der Waals surface area contributed by atoms with Gasteiger partial charge in [0.05, 0.1) is 4.88 Å². The number of carbonyl (C=O) groups is 3. The number of hydrogen-bond donors (Lipinski definition) is 1. The van der Waals surface area contributed by atoms with E-state index in [1.54, 1.807) is 6.07 Å². The molecule has 0 saturated heterocycles. The zero-order valence-corrected chi connectivity index (χ0v) is 11.1. The van der Waals surface area contributed by atoms with Gasteiger partial charge in [0.2, 0.25) is 11.7 Å². The van der Waals surface area contributed by atoms with Crippen LogP contribution in [0.3, 0.4) is 0 Å². The van der Waals surface area contributed by atoms with Gasteiger partial charge in [-0.1, -0.05) is 0 Å². The molecule has 0 bridgehead atoms. The highest BCUT2D eigenvalue weighted by atomic mass is 32.1. The van der Waals surface area contributed by atoms with Gasteiger partial charge in [-0.25, -0.2) is 10.2 Å². The molecule has 100 valence electrons. The Morgan fingerprint density at radius 1 is 1.42 bits per heavy atom. The lowest BCUT2D eigenvalue weighted by atomic mass is 10.2. The molecule has 0 saturated carbocycles. The van der Waals surface area contributed by atoms with E-state index in [4.69, 9.17) is 4.74 Å². The number of hydrogen-bond acceptors (Lipinski definition) is 6. The van der Waals surface area contributed by atoms with Crippen LogP contribution in [0.15, 0.2) is 17.2 Å². The first-order valence-corrected chi connectivity index (χ1v) is 6.50. The number of hydrazone groups is 1. The van der Waals surface area contributed by atoms with Crippen LogP contribution in [-0.2, 0) is 14.3 Å². The van der Waals surface area contributed by atoms with Crippen LogP contribution in [0.5, 0.6) is 0 Å². The summed E-state index contributed by atoms with van der Waals surface area (Å²) in [5.41, 5.74) is 2.34. The Kier molecular flexibility index (Phi) is 4.06. The maximum Gasteiger partial charge on any atom is 0.354 e. The molecule has 1 aromatic heterocycles. The fourth-order valence-corrected chi connectivity index (χ4v) is 2.28. The highest BCUT2D eigenvalue weighted by molar-refractivity contribution is 7.14. The Balaban J connectivity index is 1.87. The van der Waals surface area contributed by atoms with E-state index in [-0.39, 0.29) is 36.9 Å². The first-order chi connectivity index (χ1) is 9.06. The maximum absolute atomic E-state index is 11.7. The van der Waals surface area contributed by atoms with Crippen molar-refractivity contribution < 1.29 is 19.1 Å². The lowest BCUT2D eigenvalue weighted by molar-refractivity contribution is -0.134. The van der Waals surface area contributed by atoms with Gasteiger partial charge >= 0.3 is 5.97 Å². The molecule has 1 aliphatic rings. The minimum atomic E-state index is -0.665. The van der Waals surface area contributed by atoms with Crippen molar-refractivity contribution in [3.8, 4) is 0 Å². The Morgan fingerprint density at radius 2 is 2.21 bits per heavy atom. The molecular weight excluding hydrogens is 268 g/mol. The van der Waals surface area contributed by atoms with Crippen LogP contribution in [0.1, 0.15) is 27.4 Å². The summed E-state index contributed by atoms with van der Waals surface area (Å²) in [7, 11) is 0. The number of nitrogens with one attached hydrogen (secondary N) is 1. The Hall–Kier alpha value is -2.02. The van der Waals surface area contributed by atoms with Gasteiger partial charge in [-0.15, -0.1) is 11.3 Å². The van der Waals surface area contributed by atoms with Gasteiger partial charge in [-0.2, -0.15) is 5.10 Å². The average Bonchev–Trinajstić information content (AvgIpc) is 2.83. The number of thiophene rings is 1. The van der Waals surface area contributed by atoms with E-state index < -0.39 is 5.97 Å². The van der Waals surface area contributed by atoms with Crippen molar-refractivity contribution >= 4 is 34.7 Å². The molecule has 1 aliphatic heterocycles. The Morgan fingerprint density at radius 3 is 2.79 bits per heavy atom. The predicted octanol–water partition coefficient (Wildman–Crippen LogP) is 1.05. The van der Waals surface area contributed by atoms with Crippen LogP contribution >= 0.6 is 11.3 Å². The van der Waals surface area contributed by atoms with Crippen molar-refractivity contribution in [2.75, 3.05) is 6.61 Å². The van der Waals surface area contributed by atoms with Crippen molar-refractivity contribution in [3.05, 3.63) is 21.9 Å². The number of carbonyl (C=O) groups excluding carboxylic acids is 3. The van der Waals surface area contributed by atoms with Gasteiger partial charge in [-0.05, 0) is 19.1 Å². The first-order valence-electron chi connectivity index (χ1n) is 5.68. The average molecular weight is 280 g/mol. The molecule has 0 radical (unpaired) electrons. The smallest absolute Gasteiger partial charge is 0.354 e. The summed E-state index contributed by atoms with van der Waals surface area (Å²) >= 11 is 1.36. The van der Waals surface area contributed by atoms with Crippen molar-refractivity contribution in [3.63, 3.8) is 0 Å². The summed E-state index contributed by atoms with van der Waals surface area (Å²) in [6.07, 6.45) is 0.433. The highest BCUT2D eigenvalue weighted by Gasteiger charge is 2.20. The van der Waals surface area contributed by atoms with Gasteiger partial charge in [0, 0.05) is 17.7 Å². The summed E-state index contributed by atoms with van der Waals surface area (Å²) < 4.78 is 4.88. The summed E-state index contributed by atoms with van der Waals surface area (Å²) in [4.78, 5) is 35.8. The van der Waals surface area contributed by atoms with Gasteiger partial charge < -0.3 is 4.74 Å². The third-order valence-electron chi connectivity index (χ3n) is 2.49. The molecule has 0 atom stereocenters. The third kappa shape index (κ3) is 3.47. The molecule has 1 amide bonds. The van der Waals surface area contributed by atoms with Crippen molar-refractivity contribution in [2.45, 2.75) is 19.8 Å². The topological polar surface area (TPSA) is 84.8 Å². The number of nitrogens with zero attached hydrogens (tertiary/aromatic N) is 1. The van der Waals surface area contributed by atoms with Gasteiger partial charge in [0.15, 0.2) is 6.61 Å². The van der Waals surface area contributed by atoms with Gasteiger partial charge in [-0.3, -0.25) is 9.59 Å². The Labute approximate surface area is 113 Å². The fraction of sp³-hybridized carbons (Fsp3) is 0.333. The van der Waals surface area contributed by atoms with E-state index in [2.05, 4.69) is 10.5 Å². The van der Waals surface area contributed by atoms with Crippen LogP contribution < -0.4 is 5.43 Å². The second-order valence-corrected chi connectivity index (χ2v) is 5.29. The van der Waals surface area contributed by atoms with Gasteiger partial charge in [0.1, 0.15) is 5.71 Å². The number of rotatable bonds is 4. The summed E-state index contributed by atoms with van der Waals surface area (Å²) in [6.45, 7) is 1.58. The molecule has 1 aromatic rings. The molecular formula is C12H12N2O4S. The molecule has 1 N–H and O–H groups in total. The number of amides is 1. The summed E-state index contributed by atoms with van der Waals surface area (Å²) in [5, 5.41) is 3.60. The minimum absolute atomic E-state index is 0.134. The lowest BCUT2D eigenvalue weighted by Gasteiger charge is -2.10. The standard InChI is InChI=1S/C12H12N2O4S/c1-7-2-4-10(19-7)9(15)6-18-12(17)8-3-5-11(16)14-13-8/h2,4H,3,5-6H2,1H3,(H,14,16).